The van der Waals surface area contributed by atoms with Gasteiger partial charge in [-0.1, -0.05) is 0 Å². The third-order valence-corrected chi connectivity index (χ3v) is 3.39. The summed E-state index contributed by atoms with van der Waals surface area (Å²) in [7, 11) is 1.29. The molecule has 0 saturated carbocycles. The molecule has 2 aromatic rings. The van der Waals surface area contributed by atoms with Crippen molar-refractivity contribution in [1.29, 1.82) is 0 Å². The Bertz CT molecular complexity index is 761. The molecule has 1 aliphatic heterocycles. The van der Waals surface area contributed by atoms with Crippen LogP contribution in [0.4, 0.5) is 8.78 Å². The second kappa shape index (κ2) is 5.60. The largest absolute Gasteiger partial charge is 0.489 e. The molecule has 0 atom stereocenters. The first-order valence-electron chi connectivity index (χ1n) is 6.60. The Kier molecular flexibility index (Phi) is 3.63. The van der Waals surface area contributed by atoms with E-state index in [-0.39, 0.29) is 6.61 Å². The number of ether oxygens (including phenoxy) is 2. The minimum atomic E-state index is -0.659. The second-order valence-corrected chi connectivity index (χ2v) is 4.79. The van der Waals surface area contributed by atoms with Crippen LogP contribution in [0, 0.1) is 11.6 Å². The van der Waals surface area contributed by atoms with Crippen LogP contribution in [0.25, 0.3) is 5.57 Å². The van der Waals surface area contributed by atoms with Crippen LogP contribution < -0.4 is 4.74 Å². The molecule has 0 unspecified atom stereocenters. The lowest BCUT2D eigenvalue weighted by molar-refractivity contribution is 0.0600. The Labute approximate surface area is 125 Å². The third-order valence-electron chi connectivity index (χ3n) is 3.39. The van der Waals surface area contributed by atoms with Gasteiger partial charge in [0.05, 0.1) is 12.7 Å². The summed E-state index contributed by atoms with van der Waals surface area (Å²) in [6, 6.07) is 8.12. The summed E-state index contributed by atoms with van der Waals surface area (Å²) < 4.78 is 37.1. The zero-order valence-corrected chi connectivity index (χ0v) is 11.7. The Morgan fingerprint density at radius 3 is 2.55 bits per heavy atom. The molecule has 0 N–H and O–H groups in total. The average molecular weight is 302 g/mol. The highest BCUT2D eigenvalue weighted by atomic mass is 19.1. The lowest BCUT2D eigenvalue weighted by Crippen LogP contribution is -2.08. The Balaban J connectivity index is 2.12. The highest BCUT2D eigenvalue weighted by Crippen LogP contribution is 2.35. The predicted molar refractivity (Wildman–Crippen MR) is 76.7 cm³/mol. The SMILES string of the molecule is COC(=O)c1ccc2c(c1)C(c1cc(F)cc(F)c1)=CCO2. The molecule has 5 heteroatoms. The molecule has 1 heterocycles. The molecule has 3 rings (SSSR count). The van der Waals surface area contributed by atoms with Gasteiger partial charge in [-0.25, -0.2) is 13.6 Å². The minimum Gasteiger partial charge on any atom is -0.489 e. The first-order chi connectivity index (χ1) is 10.6. The smallest absolute Gasteiger partial charge is 0.337 e. The minimum absolute atomic E-state index is 0.290. The van der Waals surface area contributed by atoms with Crippen LogP contribution in [0.15, 0.2) is 42.5 Å². The van der Waals surface area contributed by atoms with Crippen LogP contribution in [-0.2, 0) is 4.74 Å². The summed E-state index contributed by atoms with van der Waals surface area (Å²) in [6.45, 7) is 0.290. The number of fused-ring (bicyclic) bond motifs is 1. The van der Waals surface area contributed by atoms with E-state index in [0.717, 1.165) is 6.07 Å². The summed E-state index contributed by atoms with van der Waals surface area (Å²) >= 11 is 0. The fraction of sp³-hybridized carbons (Fsp3) is 0.118. The van der Waals surface area contributed by atoms with Gasteiger partial charge in [-0.3, -0.25) is 0 Å². The van der Waals surface area contributed by atoms with Gasteiger partial charge in [0.25, 0.3) is 0 Å². The number of hydrogen-bond donors (Lipinski definition) is 0. The molecule has 3 nitrogen and oxygen atoms in total. The monoisotopic (exact) mass is 302 g/mol. The fourth-order valence-corrected chi connectivity index (χ4v) is 2.42. The van der Waals surface area contributed by atoms with Gasteiger partial charge in [-0.15, -0.1) is 0 Å². The summed E-state index contributed by atoms with van der Waals surface area (Å²) in [4.78, 5) is 11.6. The van der Waals surface area contributed by atoms with Crippen molar-refractivity contribution in [2.45, 2.75) is 0 Å². The van der Waals surface area contributed by atoms with Crippen LogP contribution in [0.2, 0.25) is 0 Å². The molecule has 112 valence electrons. The van der Waals surface area contributed by atoms with Crippen molar-refractivity contribution in [3.05, 3.63) is 70.8 Å². The van der Waals surface area contributed by atoms with E-state index >= 15 is 0 Å². The fourth-order valence-electron chi connectivity index (χ4n) is 2.42. The molecular weight excluding hydrogens is 290 g/mol. The van der Waals surface area contributed by atoms with Gasteiger partial charge in [-0.05, 0) is 47.5 Å². The number of carbonyl (C=O) groups excluding carboxylic acids is 1. The molecule has 0 fully saturated rings. The Hall–Kier alpha value is -2.69. The topological polar surface area (TPSA) is 35.5 Å². The van der Waals surface area contributed by atoms with E-state index in [1.54, 1.807) is 24.3 Å². The second-order valence-electron chi connectivity index (χ2n) is 4.79. The summed E-state index contributed by atoms with van der Waals surface area (Å²) in [6.07, 6.45) is 1.72. The molecule has 0 saturated heterocycles. The maximum atomic E-state index is 13.4. The van der Waals surface area contributed by atoms with Gasteiger partial charge < -0.3 is 9.47 Å². The first kappa shape index (κ1) is 14.3. The molecule has 0 aromatic heterocycles. The maximum absolute atomic E-state index is 13.4. The van der Waals surface area contributed by atoms with E-state index in [1.165, 1.54) is 19.2 Å². The standard InChI is InChI=1S/C17H12F2O3/c1-21-17(20)10-2-3-16-15(8-10)14(4-5-22-16)11-6-12(18)9-13(19)7-11/h2-4,6-9H,5H2,1H3. The summed E-state index contributed by atoms with van der Waals surface area (Å²) in [5, 5.41) is 0. The van der Waals surface area contributed by atoms with E-state index in [2.05, 4.69) is 4.74 Å². The van der Waals surface area contributed by atoms with Crippen molar-refractivity contribution >= 4 is 11.5 Å². The van der Waals surface area contributed by atoms with Crippen LogP contribution >= 0.6 is 0 Å². The quantitative estimate of drug-likeness (QED) is 0.796. The lowest BCUT2D eigenvalue weighted by atomic mass is 9.94. The van der Waals surface area contributed by atoms with Crippen molar-refractivity contribution < 1.29 is 23.0 Å². The predicted octanol–water partition coefficient (Wildman–Crippen LogP) is 3.58. The van der Waals surface area contributed by atoms with E-state index in [9.17, 15) is 13.6 Å². The molecule has 0 radical (unpaired) electrons. The first-order valence-corrected chi connectivity index (χ1v) is 6.60. The number of benzene rings is 2. The maximum Gasteiger partial charge on any atom is 0.337 e. The van der Waals surface area contributed by atoms with Gasteiger partial charge in [0, 0.05) is 11.6 Å². The Morgan fingerprint density at radius 2 is 1.86 bits per heavy atom. The third kappa shape index (κ3) is 2.57. The number of halogens is 2. The van der Waals surface area contributed by atoms with E-state index in [0.29, 0.717) is 28.0 Å². The van der Waals surface area contributed by atoms with Gasteiger partial charge in [0.15, 0.2) is 0 Å². The van der Waals surface area contributed by atoms with Crippen molar-refractivity contribution in [3.63, 3.8) is 0 Å². The van der Waals surface area contributed by atoms with Crippen LogP contribution in [0.1, 0.15) is 21.5 Å². The molecule has 22 heavy (non-hydrogen) atoms. The van der Waals surface area contributed by atoms with Crippen LogP contribution in [-0.4, -0.2) is 19.7 Å². The van der Waals surface area contributed by atoms with E-state index < -0.39 is 17.6 Å². The molecule has 1 aliphatic rings. The van der Waals surface area contributed by atoms with Gasteiger partial charge in [-0.2, -0.15) is 0 Å². The number of methoxy groups -OCH3 is 1. The molecule has 0 amide bonds. The van der Waals surface area contributed by atoms with Crippen molar-refractivity contribution in [1.82, 2.24) is 0 Å². The molecule has 0 bridgehead atoms. The van der Waals surface area contributed by atoms with Gasteiger partial charge in [0.1, 0.15) is 24.0 Å². The van der Waals surface area contributed by atoms with E-state index in [4.69, 9.17) is 4.74 Å². The summed E-state index contributed by atoms with van der Waals surface area (Å²) in [5.74, 6) is -1.26. The van der Waals surface area contributed by atoms with Crippen molar-refractivity contribution in [2.75, 3.05) is 13.7 Å². The average Bonchev–Trinajstić information content (AvgIpc) is 2.52. The molecule has 2 aromatic carbocycles. The number of hydrogen-bond acceptors (Lipinski definition) is 3. The number of carbonyl (C=O) groups is 1. The molecule has 0 spiro atoms. The van der Waals surface area contributed by atoms with Gasteiger partial charge >= 0.3 is 5.97 Å². The Morgan fingerprint density at radius 1 is 1.14 bits per heavy atom. The van der Waals surface area contributed by atoms with Crippen molar-refractivity contribution in [3.8, 4) is 5.75 Å². The molecular formula is C17H12F2O3. The zero-order valence-electron chi connectivity index (χ0n) is 11.7. The van der Waals surface area contributed by atoms with Crippen LogP contribution in [0.5, 0.6) is 5.75 Å². The normalized spacial score (nSPS) is 13.0. The van der Waals surface area contributed by atoms with Crippen LogP contribution in [0.3, 0.4) is 0 Å². The molecule has 0 aliphatic carbocycles. The lowest BCUT2D eigenvalue weighted by Gasteiger charge is -2.19. The van der Waals surface area contributed by atoms with E-state index in [1.807, 2.05) is 0 Å². The highest BCUT2D eigenvalue weighted by Gasteiger charge is 2.19. The number of rotatable bonds is 2. The van der Waals surface area contributed by atoms with Crippen molar-refractivity contribution in [2.24, 2.45) is 0 Å². The highest BCUT2D eigenvalue weighted by molar-refractivity contribution is 5.93. The zero-order chi connectivity index (χ0) is 15.7. The summed E-state index contributed by atoms with van der Waals surface area (Å²) in [5.41, 5.74) is 1.95. The number of esters is 1. The van der Waals surface area contributed by atoms with Gasteiger partial charge in [0.2, 0.25) is 0 Å².